The van der Waals surface area contributed by atoms with E-state index in [1.54, 1.807) is 25.3 Å². The number of anilines is 2. The number of rotatable bonds is 5. The van der Waals surface area contributed by atoms with Crippen LogP contribution >= 0.6 is 0 Å². The van der Waals surface area contributed by atoms with Crippen LogP contribution in [0.2, 0.25) is 0 Å². The lowest BCUT2D eigenvalue weighted by Gasteiger charge is -2.19. The van der Waals surface area contributed by atoms with Crippen molar-refractivity contribution in [1.29, 1.82) is 0 Å². The van der Waals surface area contributed by atoms with E-state index < -0.39 is 6.04 Å². The second-order valence-corrected chi connectivity index (χ2v) is 6.32. The highest BCUT2D eigenvalue weighted by Gasteiger charge is 2.41. The monoisotopic (exact) mass is 354 g/mol. The third kappa shape index (κ3) is 3.22. The average Bonchev–Trinajstić information content (AvgIpc) is 2.90. The fourth-order valence-corrected chi connectivity index (χ4v) is 3.13. The fourth-order valence-electron chi connectivity index (χ4n) is 3.13. The SMILES string of the molecule is COc1ccc(N2C(=O)C[C@@H](Nc3ccc(C)cc3C)C2=O)c(OC)c1. The van der Waals surface area contributed by atoms with Crippen molar-refractivity contribution in [3.63, 3.8) is 0 Å². The number of benzene rings is 2. The minimum absolute atomic E-state index is 0.0985. The Labute approximate surface area is 152 Å². The highest BCUT2D eigenvalue weighted by atomic mass is 16.5. The lowest BCUT2D eigenvalue weighted by atomic mass is 10.1. The number of hydrogen-bond donors (Lipinski definition) is 1. The highest BCUT2D eigenvalue weighted by Crippen LogP contribution is 2.35. The van der Waals surface area contributed by atoms with Crippen molar-refractivity contribution in [2.45, 2.75) is 26.3 Å². The van der Waals surface area contributed by atoms with E-state index >= 15 is 0 Å². The molecule has 0 spiro atoms. The molecule has 1 fully saturated rings. The third-order valence-electron chi connectivity index (χ3n) is 4.49. The van der Waals surface area contributed by atoms with Gasteiger partial charge in [0.25, 0.3) is 5.91 Å². The van der Waals surface area contributed by atoms with Crippen LogP contribution < -0.4 is 19.7 Å². The molecule has 6 heteroatoms. The summed E-state index contributed by atoms with van der Waals surface area (Å²) in [5.74, 6) is 0.451. The number of nitrogens with zero attached hydrogens (tertiary/aromatic N) is 1. The Morgan fingerprint density at radius 1 is 1.04 bits per heavy atom. The number of nitrogens with one attached hydrogen (secondary N) is 1. The Bertz CT molecular complexity index is 863. The van der Waals surface area contributed by atoms with Crippen LogP contribution in [0.4, 0.5) is 11.4 Å². The predicted molar refractivity (Wildman–Crippen MR) is 100.0 cm³/mol. The minimum Gasteiger partial charge on any atom is -0.497 e. The van der Waals surface area contributed by atoms with E-state index in [9.17, 15) is 9.59 Å². The molecular formula is C20H22N2O4. The molecule has 136 valence electrons. The van der Waals surface area contributed by atoms with Gasteiger partial charge in [0.2, 0.25) is 5.91 Å². The first-order valence-electron chi connectivity index (χ1n) is 8.37. The van der Waals surface area contributed by atoms with Gasteiger partial charge in [-0.3, -0.25) is 9.59 Å². The molecule has 1 aliphatic heterocycles. The van der Waals surface area contributed by atoms with Crippen LogP contribution in [0.25, 0.3) is 0 Å². The summed E-state index contributed by atoms with van der Waals surface area (Å²) in [5.41, 5.74) is 3.45. The van der Waals surface area contributed by atoms with Gasteiger partial charge in [-0.1, -0.05) is 17.7 Å². The molecule has 0 aromatic heterocycles. The van der Waals surface area contributed by atoms with Crippen LogP contribution in [0.3, 0.4) is 0 Å². The summed E-state index contributed by atoms with van der Waals surface area (Å²) >= 11 is 0. The quantitative estimate of drug-likeness (QED) is 0.836. The maximum absolute atomic E-state index is 12.9. The first-order chi connectivity index (χ1) is 12.4. The van der Waals surface area contributed by atoms with Crippen molar-refractivity contribution in [2.24, 2.45) is 0 Å². The summed E-state index contributed by atoms with van der Waals surface area (Å²) in [4.78, 5) is 26.6. The van der Waals surface area contributed by atoms with Crippen LogP contribution in [0.1, 0.15) is 17.5 Å². The summed E-state index contributed by atoms with van der Waals surface area (Å²) in [6.45, 7) is 3.99. The zero-order valence-corrected chi connectivity index (χ0v) is 15.3. The van der Waals surface area contributed by atoms with E-state index in [0.717, 1.165) is 16.8 Å². The van der Waals surface area contributed by atoms with Gasteiger partial charge in [-0.25, -0.2) is 4.90 Å². The lowest BCUT2D eigenvalue weighted by Crippen LogP contribution is -2.35. The number of aryl methyl sites for hydroxylation is 2. The molecule has 0 saturated carbocycles. The van der Waals surface area contributed by atoms with Crippen molar-refractivity contribution < 1.29 is 19.1 Å². The van der Waals surface area contributed by atoms with Crippen molar-refractivity contribution in [2.75, 3.05) is 24.4 Å². The first-order valence-corrected chi connectivity index (χ1v) is 8.37. The van der Waals surface area contributed by atoms with Gasteiger partial charge in [0.15, 0.2) is 0 Å². The van der Waals surface area contributed by atoms with Gasteiger partial charge in [-0.2, -0.15) is 0 Å². The maximum atomic E-state index is 12.9. The van der Waals surface area contributed by atoms with Crippen LogP contribution in [0, 0.1) is 13.8 Å². The van der Waals surface area contributed by atoms with Gasteiger partial charge in [0, 0.05) is 11.8 Å². The summed E-state index contributed by atoms with van der Waals surface area (Å²) in [6.07, 6.45) is 0.0985. The standard InChI is InChI=1S/C20H22N2O4/c1-12-5-7-15(13(2)9-12)21-16-11-19(23)22(20(16)24)17-8-6-14(25-3)10-18(17)26-4/h5-10,16,21H,11H2,1-4H3/t16-/m1/s1. The summed E-state index contributed by atoms with van der Waals surface area (Å²) in [6, 6.07) is 10.3. The lowest BCUT2D eigenvalue weighted by molar-refractivity contribution is -0.121. The Balaban J connectivity index is 1.87. The molecule has 2 aromatic carbocycles. The number of carbonyl (C=O) groups excluding carboxylic acids is 2. The van der Waals surface area contributed by atoms with Gasteiger partial charge < -0.3 is 14.8 Å². The minimum atomic E-state index is -0.601. The van der Waals surface area contributed by atoms with Gasteiger partial charge in [0.05, 0.1) is 26.3 Å². The highest BCUT2D eigenvalue weighted by molar-refractivity contribution is 6.23. The molecule has 0 aliphatic carbocycles. The molecule has 3 rings (SSSR count). The van der Waals surface area contributed by atoms with Crippen molar-refractivity contribution in [3.05, 3.63) is 47.5 Å². The molecule has 26 heavy (non-hydrogen) atoms. The van der Waals surface area contributed by atoms with Gasteiger partial charge in [-0.05, 0) is 37.6 Å². The fraction of sp³-hybridized carbons (Fsp3) is 0.300. The Morgan fingerprint density at radius 3 is 2.46 bits per heavy atom. The predicted octanol–water partition coefficient (Wildman–Crippen LogP) is 3.06. The first kappa shape index (κ1) is 17.8. The van der Waals surface area contributed by atoms with Crippen LogP contribution in [-0.4, -0.2) is 32.1 Å². The molecule has 6 nitrogen and oxygen atoms in total. The second-order valence-electron chi connectivity index (χ2n) is 6.32. The van der Waals surface area contributed by atoms with Gasteiger partial charge >= 0.3 is 0 Å². The van der Waals surface area contributed by atoms with Crippen LogP contribution in [0.15, 0.2) is 36.4 Å². The molecule has 1 saturated heterocycles. The molecule has 1 aliphatic rings. The Morgan fingerprint density at radius 2 is 1.81 bits per heavy atom. The van der Waals surface area contributed by atoms with E-state index in [1.807, 2.05) is 32.0 Å². The van der Waals surface area contributed by atoms with E-state index in [-0.39, 0.29) is 18.2 Å². The number of imide groups is 1. The average molecular weight is 354 g/mol. The summed E-state index contributed by atoms with van der Waals surface area (Å²) < 4.78 is 10.5. The summed E-state index contributed by atoms with van der Waals surface area (Å²) in [7, 11) is 3.04. The number of ether oxygens (including phenoxy) is 2. The van der Waals surface area contributed by atoms with Crippen molar-refractivity contribution in [3.8, 4) is 11.5 Å². The largest absolute Gasteiger partial charge is 0.497 e. The Hall–Kier alpha value is -3.02. The van der Waals surface area contributed by atoms with E-state index in [2.05, 4.69) is 5.32 Å². The molecule has 2 aromatic rings. The van der Waals surface area contributed by atoms with Gasteiger partial charge in [0.1, 0.15) is 17.5 Å². The zero-order valence-electron chi connectivity index (χ0n) is 15.3. The molecular weight excluding hydrogens is 332 g/mol. The second kappa shape index (κ2) is 7.07. The van der Waals surface area contributed by atoms with E-state index in [0.29, 0.717) is 17.2 Å². The molecule has 2 amide bonds. The maximum Gasteiger partial charge on any atom is 0.256 e. The molecule has 0 radical (unpaired) electrons. The third-order valence-corrected chi connectivity index (χ3v) is 4.49. The van der Waals surface area contributed by atoms with Crippen LogP contribution in [0.5, 0.6) is 11.5 Å². The number of carbonyl (C=O) groups is 2. The molecule has 1 heterocycles. The smallest absolute Gasteiger partial charge is 0.256 e. The summed E-state index contributed by atoms with van der Waals surface area (Å²) in [5, 5.41) is 3.20. The molecule has 0 unspecified atom stereocenters. The molecule has 0 bridgehead atoms. The number of amides is 2. The van der Waals surface area contributed by atoms with E-state index in [1.165, 1.54) is 12.0 Å². The molecule has 1 N–H and O–H groups in total. The Kier molecular flexibility index (Phi) is 4.84. The number of methoxy groups -OCH3 is 2. The van der Waals surface area contributed by atoms with E-state index in [4.69, 9.17) is 9.47 Å². The topological polar surface area (TPSA) is 67.9 Å². The number of hydrogen-bond acceptors (Lipinski definition) is 5. The van der Waals surface area contributed by atoms with Gasteiger partial charge in [-0.15, -0.1) is 0 Å². The normalized spacial score (nSPS) is 16.8. The zero-order chi connectivity index (χ0) is 18.8. The van der Waals surface area contributed by atoms with Crippen LogP contribution in [-0.2, 0) is 9.59 Å². The molecule has 1 atom stereocenters. The van der Waals surface area contributed by atoms with Crippen molar-refractivity contribution in [1.82, 2.24) is 0 Å². The van der Waals surface area contributed by atoms with Crippen molar-refractivity contribution >= 4 is 23.2 Å².